The van der Waals surface area contributed by atoms with E-state index in [9.17, 15) is 4.39 Å². The van der Waals surface area contributed by atoms with Crippen LogP contribution in [-0.4, -0.2) is 11.6 Å². The van der Waals surface area contributed by atoms with E-state index in [0.29, 0.717) is 6.54 Å². The lowest BCUT2D eigenvalue weighted by molar-refractivity contribution is 0.623. The molecule has 0 saturated heterocycles. The average molecular weight is 303 g/mol. The van der Waals surface area contributed by atoms with Gasteiger partial charge in [-0.15, -0.1) is 0 Å². The summed E-state index contributed by atoms with van der Waals surface area (Å²) in [7, 11) is 1.92. The molecule has 0 radical (unpaired) electrons. The number of halogens is 2. The molecular weight excluding hydrogens is 287 g/mol. The van der Waals surface area contributed by atoms with E-state index in [0.717, 1.165) is 17.6 Å². The minimum Gasteiger partial charge on any atom is -0.339 e. The van der Waals surface area contributed by atoms with Gasteiger partial charge in [0.25, 0.3) is 0 Å². The molecule has 2 aromatic carbocycles. The molecule has 0 amide bonds. The summed E-state index contributed by atoms with van der Waals surface area (Å²) in [5.74, 6) is -0.374. The largest absolute Gasteiger partial charge is 0.339 e. The van der Waals surface area contributed by atoms with E-state index in [-0.39, 0.29) is 10.8 Å². The summed E-state index contributed by atoms with van der Waals surface area (Å²) in [5, 5.41) is 4.53. The Morgan fingerprint density at radius 1 is 1.14 bits per heavy atom. The van der Waals surface area contributed by atoms with Crippen molar-refractivity contribution in [2.75, 3.05) is 7.05 Å². The molecule has 2 nitrogen and oxygen atoms in total. The quantitative estimate of drug-likeness (QED) is 0.764. The van der Waals surface area contributed by atoms with Gasteiger partial charge in [0.2, 0.25) is 0 Å². The first-order valence-electron chi connectivity index (χ1n) is 6.84. The zero-order valence-corrected chi connectivity index (χ0v) is 12.5. The second kappa shape index (κ2) is 5.88. The maximum atomic E-state index is 13.6. The van der Waals surface area contributed by atoms with Gasteiger partial charge in [-0.1, -0.05) is 35.9 Å². The van der Waals surface area contributed by atoms with Gasteiger partial charge in [-0.05, 0) is 42.3 Å². The van der Waals surface area contributed by atoms with Crippen LogP contribution in [0.15, 0.2) is 48.5 Å². The molecule has 0 bridgehead atoms. The molecule has 0 saturated carbocycles. The Balaban J connectivity index is 2.05. The van der Waals surface area contributed by atoms with Crippen molar-refractivity contribution in [1.29, 1.82) is 0 Å². The second-order valence-corrected chi connectivity index (χ2v) is 5.47. The van der Waals surface area contributed by atoms with Crippen molar-refractivity contribution >= 4 is 22.5 Å². The molecular formula is C17H16ClFN2. The molecule has 21 heavy (non-hydrogen) atoms. The van der Waals surface area contributed by atoms with Gasteiger partial charge in [-0.2, -0.15) is 0 Å². The second-order valence-electron chi connectivity index (χ2n) is 5.06. The highest BCUT2D eigenvalue weighted by molar-refractivity contribution is 6.30. The van der Waals surface area contributed by atoms with Crippen LogP contribution in [0.25, 0.3) is 10.9 Å². The van der Waals surface area contributed by atoms with Crippen molar-refractivity contribution in [1.82, 2.24) is 9.88 Å². The monoisotopic (exact) mass is 302 g/mol. The lowest BCUT2D eigenvalue weighted by Crippen LogP contribution is -2.12. The third kappa shape index (κ3) is 2.80. The number of nitrogens with zero attached hydrogens (tertiary/aromatic N) is 1. The molecule has 0 unspecified atom stereocenters. The first-order chi connectivity index (χ1) is 10.2. The summed E-state index contributed by atoms with van der Waals surface area (Å²) >= 11 is 5.75. The van der Waals surface area contributed by atoms with E-state index >= 15 is 0 Å². The predicted octanol–water partition coefficient (Wildman–Crippen LogP) is 4.20. The molecule has 0 spiro atoms. The number of hydrogen-bond acceptors (Lipinski definition) is 1. The summed E-state index contributed by atoms with van der Waals surface area (Å²) in [4.78, 5) is 0. The van der Waals surface area contributed by atoms with Crippen molar-refractivity contribution in [3.63, 3.8) is 0 Å². The Morgan fingerprint density at radius 3 is 2.71 bits per heavy atom. The maximum Gasteiger partial charge on any atom is 0.142 e. The molecule has 3 aromatic rings. The van der Waals surface area contributed by atoms with Gasteiger partial charge >= 0.3 is 0 Å². The first kappa shape index (κ1) is 14.1. The molecule has 0 aliphatic rings. The van der Waals surface area contributed by atoms with Gasteiger partial charge in [-0.25, -0.2) is 4.39 Å². The number of rotatable bonds is 4. The van der Waals surface area contributed by atoms with E-state index in [1.807, 2.05) is 25.2 Å². The van der Waals surface area contributed by atoms with Crippen molar-refractivity contribution in [2.24, 2.45) is 0 Å². The van der Waals surface area contributed by atoms with Crippen LogP contribution < -0.4 is 5.32 Å². The number of aromatic nitrogens is 1. The predicted molar refractivity (Wildman–Crippen MR) is 85.2 cm³/mol. The number of nitrogens with one attached hydrogen (secondary N) is 1. The smallest absolute Gasteiger partial charge is 0.142 e. The molecule has 0 fully saturated rings. The zero-order chi connectivity index (χ0) is 14.8. The van der Waals surface area contributed by atoms with E-state index in [1.54, 1.807) is 6.07 Å². The Hall–Kier alpha value is -1.84. The fraction of sp³-hybridized carbons (Fsp3) is 0.176. The maximum absolute atomic E-state index is 13.6. The van der Waals surface area contributed by atoms with Crippen LogP contribution >= 0.6 is 11.6 Å². The first-order valence-corrected chi connectivity index (χ1v) is 7.22. The third-order valence-corrected chi connectivity index (χ3v) is 3.89. The molecule has 108 valence electrons. The van der Waals surface area contributed by atoms with E-state index in [1.165, 1.54) is 17.1 Å². The summed E-state index contributed by atoms with van der Waals surface area (Å²) in [6.07, 6.45) is 0. The van der Waals surface area contributed by atoms with Gasteiger partial charge in [0.15, 0.2) is 0 Å². The Labute approximate surface area is 128 Å². The molecule has 1 N–H and O–H groups in total. The zero-order valence-electron chi connectivity index (χ0n) is 11.7. The van der Waals surface area contributed by atoms with Crippen molar-refractivity contribution in [3.8, 4) is 0 Å². The molecule has 4 heteroatoms. The van der Waals surface area contributed by atoms with Crippen molar-refractivity contribution in [3.05, 3.63) is 70.6 Å². The average Bonchev–Trinajstić information content (AvgIpc) is 2.81. The van der Waals surface area contributed by atoms with Gasteiger partial charge < -0.3 is 9.88 Å². The molecule has 0 atom stereocenters. The summed E-state index contributed by atoms with van der Waals surface area (Å²) in [6.45, 7) is 1.39. The van der Waals surface area contributed by atoms with Crippen LogP contribution in [0.1, 0.15) is 11.3 Å². The van der Waals surface area contributed by atoms with Gasteiger partial charge in [-0.3, -0.25) is 0 Å². The number of hydrogen-bond donors (Lipinski definition) is 1. The van der Waals surface area contributed by atoms with Crippen molar-refractivity contribution in [2.45, 2.75) is 13.1 Å². The standard InChI is InChI=1S/C17H16ClFN2/c1-20-10-14-9-13-4-2-3-5-17(13)21(14)11-12-6-7-15(18)16(19)8-12/h2-9,20H,10-11H2,1H3. The summed E-state index contributed by atoms with van der Waals surface area (Å²) < 4.78 is 15.8. The highest BCUT2D eigenvalue weighted by atomic mass is 35.5. The Kier molecular flexibility index (Phi) is 3.95. The van der Waals surface area contributed by atoms with Crippen molar-refractivity contribution < 1.29 is 4.39 Å². The normalized spacial score (nSPS) is 11.2. The SMILES string of the molecule is CNCc1cc2ccccc2n1Cc1ccc(Cl)c(F)c1. The van der Waals surface area contributed by atoms with Crippen LogP contribution in [0.4, 0.5) is 4.39 Å². The highest BCUT2D eigenvalue weighted by Gasteiger charge is 2.09. The lowest BCUT2D eigenvalue weighted by atomic mass is 10.2. The fourth-order valence-electron chi connectivity index (χ4n) is 2.60. The molecule has 0 aliphatic heterocycles. The van der Waals surface area contributed by atoms with Gasteiger partial charge in [0.05, 0.1) is 5.02 Å². The number of benzene rings is 2. The van der Waals surface area contributed by atoms with Crippen LogP contribution in [0.5, 0.6) is 0 Å². The minimum absolute atomic E-state index is 0.159. The molecule has 3 rings (SSSR count). The lowest BCUT2D eigenvalue weighted by Gasteiger charge is -2.11. The van der Waals surface area contributed by atoms with Crippen LogP contribution in [-0.2, 0) is 13.1 Å². The minimum atomic E-state index is -0.374. The van der Waals surface area contributed by atoms with Gasteiger partial charge in [0.1, 0.15) is 5.82 Å². The highest BCUT2D eigenvalue weighted by Crippen LogP contribution is 2.23. The number of fused-ring (bicyclic) bond motifs is 1. The van der Waals surface area contributed by atoms with Crippen LogP contribution in [0.3, 0.4) is 0 Å². The molecule has 1 aromatic heterocycles. The van der Waals surface area contributed by atoms with E-state index in [4.69, 9.17) is 11.6 Å². The van der Waals surface area contributed by atoms with E-state index in [2.05, 4.69) is 28.1 Å². The number of para-hydroxylation sites is 1. The van der Waals surface area contributed by atoms with Gasteiger partial charge in [0, 0.05) is 24.3 Å². The van der Waals surface area contributed by atoms with Crippen LogP contribution in [0, 0.1) is 5.82 Å². The fourth-order valence-corrected chi connectivity index (χ4v) is 2.72. The van der Waals surface area contributed by atoms with E-state index < -0.39 is 0 Å². The third-order valence-electron chi connectivity index (χ3n) is 3.58. The topological polar surface area (TPSA) is 17.0 Å². The van der Waals surface area contributed by atoms with Crippen LogP contribution in [0.2, 0.25) is 5.02 Å². The molecule has 0 aliphatic carbocycles. The summed E-state index contributed by atoms with van der Waals surface area (Å²) in [5.41, 5.74) is 3.22. The summed E-state index contributed by atoms with van der Waals surface area (Å²) in [6, 6.07) is 15.4. The molecule has 1 heterocycles. The Bertz CT molecular complexity index is 780. The Morgan fingerprint density at radius 2 is 1.95 bits per heavy atom.